The van der Waals surface area contributed by atoms with E-state index in [-0.39, 0.29) is 0 Å². The van der Waals surface area contributed by atoms with Gasteiger partial charge in [0.15, 0.2) is 5.65 Å². The fourth-order valence-electron chi connectivity index (χ4n) is 4.87. The van der Waals surface area contributed by atoms with Crippen LogP contribution in [-0.4, -0.2) is 25.1 Å². The predicted molar refractivity (Wildman–Crippen MR) is 134 cm³/mol. The van der Waals surface area contributed by atoms with Crippen molar-refractivity contribution in [2.24, 2.45) is 5.92 Å². The van der Waals surface area contributed by atoms with Gasteiger partial charge in [0.25, 0.3) is 0 Å². The molecule has 1 saturated carbocycles. The number of nitrogens with zero attached hydrogens (tertiary/aromatic N) is 3. The zero-order valence-electron chi connectivity index (χ0n) is 18.4. The predicted octanol–water partition coefficient (Wildman–Crippen LogP) is 6.67. The first kappa shape index (κ1) is 19.7. The van der Waals surface area contributed by atoms with E-state index in [9.17, 15) is 0 Å². The highest BCUT2D eigenvalue weighted by molar-refractivity contribution is 5.96. The van der Waals surface area contributed by atoms with Crippen LogP contribution in [0.3, 0.4) is 0 Å². The van der Waals surface area contributed by atoms with Crippen LogP contribution in [0, 0.1) is 5.92 Å². The van der Waals surface area contributed by atoms with E-state index in [0.29, 0.717) is 5.92 Å². The third-order valence-electron chi connectivity index (χ3n) is 6.68. The molecule has 5 aromatic rings. The van der Waals surface area contributed by atoms with Crippen molar-refractivity contribution >= 4 is 27.6 Å². The topological polar surface area (TPSA) is 82.3 Å². The number of hydrogen-bond donors (Lipinski definition) is 3. The van der Waals surface area contributed by atoms with Crippen LogP contribution in [0.1, 0.15) is 32.1 Å². The minimum Gasteiger partial charge on any atom is -0.358 e. The molecule has 1 aromatic carbocycles. The van der Waals surface area contributed by atoms with Crippen LogP contribution < -0.4 is 5.32 Å². The zero-order valence-corrected chi connectivity index (χ0v) is 18.4. The molecule has 0 aliphatic heterocycles. The maximum Gasteiger partial charge on any atom is 0.155 e. The first-order chi connectivity index (χ1) is 16.2. The van der Waals surface area contributed by atoms with Crippen LogP contribution in [0.25, 0.3) is 44.5 Å². The van der Waals surface area contributed by atoms with Crippen molar-refractivity contribution in [3.05, 3.63) is 73.3 Å². The summed E-state index contributed by atoms with van der Waals surface area (Å²) >= 11 is 0. The van der Waals surface area contributed by atoms with Gasteiger partial charge in [-0.1, -0.05) is 44.0 Å². The second kappa shape index (κ2) is 8.20. The minimum atomic E-state index is 0.547. The lowest BCUT2D eigenvalue weighted by Crippen LogP contribution is -2.14. The summed E-state index contributed by atoms with van der Waals surface area (Å²) in [7, 11) is 0. The average molecular weight is 435 g/mol. The van der Waals surface area contributed by atoms with Crippen molar-refractivity contribution in [1.82, 2.24) is 25.1 Å². The summed E-state index contributed by atoms with van der Waals surface area (Å²) in [6, 6.07) is 14.6. The number of benzene rings is 1. The fraction of sp³-hybridized carbons (Fsp3) is 0.222. The van der Waals surface area contributed by atoms with Gasteiger partial charge in [0.1, 0.15) is 5.69 Å². The largest absolute Gasteiger partial charge is 0.358 e. The molecule has 0 atom stereocenters. The maximum atomic E-state index is 4.62. The molecule has 4 heterocycles. The van der Waals surface area contributed by atoms with Crippen LogP contribution in [0.15, 0.2) is 73.3 Å². The zero-order chi connectivity index (χ0) is 22.2. The highest BCUT2D eigenvalue weighted by Gasteiger charge is 2.17. The molecule has 164 valence electrons. The quantitative estimate of drug-likeness (QED) is 0.288. The van der Waals surface area contributed by atoms with E-state index in [1.54, 1.807) is 0 Å². The molecule has 3 N–H and O–H groups in total. The number of nitrogens with one attached hydrogen (secondary N) is 3. The van der Waals surface area contributed by atoms with Gasteiger partial charge in [0, 0.05) is 45.5 Å². The summed E-state index contributed by atoms with van der Waals surface area (Å²) < 4.78 is 0. The van der Waals surface area contributed by atoms with Crippen molar-refractivity contribution < 1.29 is 0 Å². The molecule has 6 heteroatoms. The van der Waals surface area contributed by atoms with Gasteiger partial charge in [-0.15, -0.1) is 0 Å². The number of fused-ring (bicyclic) bond motifs is 2. The van der Waals surface area contributed by atoms with Gasteiger partial charge >= 0.3 is 0 Å². The Bertz CT molecular complexity index is 1420. The number of para-hydroxylation sites is 1. The van der Waals surface area contributed by atoms with Crippen LogP contribution in [0.5, 0.6) is 0 Å². The Hall–Kier alpha value is -3.93. The van der Waals surface area contributed by atoms with Crippen LogP contribution >= 0.6 is 0 Å². The van der Waals surface area contributed by atoms with E-state index in [0.717, 1.165) is 55.8 Å². The van der Waals surface area contributed by atoms with Crippen LogP contribution in [-0.2, 0) is 0 Å². The molecule has 0 radical (unpaired) electrons. The van der Waals surface area contributed by atoms with Crippen molar-refractivity contribution in [3.63, 3.8) is 0 Å². The molecule has 6 nitrogen and oxygen atoms in total. The highest BCUT2D eigenvalue weighted by atomic mass is 15.2. The Kier molecular flexibility index (Phi) is 4.91. The summed E-state index contributed by atoms with van der Waals surface area (Å²) in [5.74, 6) is 0.547. The lowest BCUT2D eigenvalue weighted by molar-refractivity contribution is 0.405. The molecule has 0 amide bonds. The molecule has 1 fully saturated rings. The van der Waals surface area contributed by atoms with Gasteiger partial charge in [-0.2, -0.15) is 5.10 Å². The van der Waals surface area contributed by atoms with E-state index in [4.69, 9.17) is 0 Å². The summed E-state index contributed by atoms with van der Waals surface area (Å²) in [5, 5.41) is 13.3. The molecule has 6 rings (SSSR count). The van der Waals surface area contributed by atoms with Gasteiger partial charge < -0.3 is 10.3 Å². The molecule has 4 aromatic heterocycles. The number of aromatic amines is 2. The summed E-state index contributed by atoms with van der Waals surface area (Å²) in [6.07, 6.45) is 12.0. The normalized spacial score (nSPS) is 14.7. The van der Waals surface area contributed by atoms with E-state index in [2.05, 4.69) is 67.4 Å². The number of H-pyrrole nitrogens is 2. The molecule has 0 spiro atoms. The Labute approximate surface area is 192 Å². The maximum absolute atomic E-state index is 4.62. The van der Waals surface area contributed by atoms with Gasteiger partial charge in [-0.05, 0) is 43.0 Å². The molecule has 33 heavy (non-hydrogen) atoms. The third kappa shape index (κ3) is 3.78. The van der Waals surface area contributed by atoms with Crippen molar-refractivity contribution in [2.45, 2.75) is 32.1 Å². The van der Waals surface area contributed by atoms with Crippen molar-refractivity contribution in [2.75, 3.05) is 5.32 Å². The standard InChI is InChI=1S/C27H26N6/c1-17(18-7-3-2-4-8-18)30-22-11-20(14-28-16-22)21-12-23-26(32-33-27(23)29-15-21)25-13-19-9-5-6-10-24(19)31-25/h5-6,9-16,18,30-31H,1-4,7-8H2,(H,29,32,33). The first-order valence-electron chi connectivity index (χ1n) is 11.6. The second-order valence-corrected chi connectivity index (χ2v) is 8.91. The molecule has 0 unspecified atom stereocenters. The van der Waals surface area contributed by atoms with Crippen LogP contribution in [0.2, 0.25) is 0 Å². The van der Waals surface area contributed by atoms with E-state index in [1.165, 1.54) is 32.1 Å². The Morgan fingerprint density at radius 2 is 1.82 bits per heavy atom. The van der Waals surface area contributed by atoms with Crippen LogP contribution in [0.4, 0.5) is 5.69 Å². The number of allylic oxidation sites excluding steroid dienone is 1. The molecule has 0 saturated heterocycles. The number of anilines is 1. The lowest BCUT2D eigenvalue weighted by atomic mass is 9.87. The molecule has 0 bridgehead atoms. The molecular formula is C27H26N6. The lowest BCUT2D eigenvalue weighted by Gasteiger charge is -2.24. The number of rotatable bonds is 5. The Balaban J connectivity index is 1.32. The fourth-order valence-corrected chi connectivity index (χ4v) is 4.87. The van der Waals surface area contributed by atoms with Gasteiger partial charge in [0.2, 0.25) is 0 Å². The summed E-state index contributed by atoms with van der Waals surface area (Å²) in [4.78, 5) is 12.6. The van der Waals surface area contributed by atoms with Gasteiger partial charge in [-0.25, -0.2) is 4.98 Å². The van der Waals surface area contributed by atoms with E-state index in [1.807, 2.05) is 30.7 Å². The smallest absolute Gasteiger partial charge is 0.155 e. The second-order valence-electron chi connectivity index (χ2n) is 8.91. The molecule has 1 aliphatic carbocycles. The summed E-state index contributed by atoms with van der Waals surface area (Å²) in [5.41, 5.74) is 7.76. The SMILES string of the molecule is C=C(Nc1cncc(-c2cnc3[nH]nc(-c4cc5ccccc5[nH]4)c3c2)c1)C1CCCCC1. The monoisotopic (exact) mass is 434 g/mol. The molecule has 1 aliphatic rings. The minimum absolute atomic E-state index is 0.547. The summed E-state index contributed by atoms with van der Waals surface area (Å²) in [6.45, 7) is 4.31. The Morgan fingerprint density at radius 3 is 2.70 bits per heavy atom. The average Bonchev–Trinajstić information content (AvgIpc) is 3.48. The third-order valence-corrected chi connectivity index (χ3v) is 6.68. The number of aromatic nitrogens is 5. The van der Waals surface area contributed by atoms with Gasteiger partial charge in [-0.3, -0.25) is 10.1 Å². The van der Waals surface area contributed by atoms with Gasteiger partial charge in [0.05, 0.1) is 17.6 Å². The Morgan fingerprint density at radius 1 is 0.970 bits per heavy atom. The number of pyridine rings is 2. The van der Waals surface area contributed by atoms with E-state index >= 15 is 0 Å². The van der Waals surface area contributed by atoms with E-state index < -0.39 is 0 Å². The highest BCUT2D eigenvalue weighted by Crippen LogP contribution is 2.32. The first-order valence-corrected chi connectivity index (χ1v) is 11.6. The molecular weight excluding hydrogens is 408 g/mol. The van der Waals surface area contributed by atoms with Crippen molar-refractivity contribution in [1.29, 1.82) is 0 Å². The number of hydrogen-bond acceptors (Lipinski definition) is 4. The van der Waals surface area contributed by atoms with Crippen molar-refractivity contribution in [3.8, 4) is 22.5 Å².